The average Bonchev–Trinajstić information content (AvgIpc) is 1.85. The van der Waals surface area contributed by atoms with Crippen molar-refractivity contribution in [3.8, 4) is 0 Å². The van der Waals surface area contributed by atoms with Crippen LogP contribution in [0.2, 0.25) is 0 Å². The first kappa shape index (κ1) is 14.6. The van der Waals surface area contributed by atoms with Gasteiger partial charge in [0.25, 0.3) is 0 Å². The van der Waals surface area contributed by atoms with E-state index < -0.39 is 10.4 Å². The van der Waals surface area contributed by atoms with Crippen molar-refractivity contribution < 1.29 is 17.5 Å². The molecule has 6 heteroatoms. The monoisotopic (exact) mass is 207 g/mol. The van der Waals surface area contributed by atoms with Crippen molar-refractivity contribution in [2.45, 2.75) is 6.92 Å². The molecule has 0 fully saturated rings. The molecule has 0 amide bonds. The lowest BCUT2D eigenvalue weighted by Crippen LogP contribution is -1.89. The maximum atomic E-state index is 8.74. The predicted molar refractivity (Wildman–Crippen MR) is 50.4 cm³/mol. The van der Waals surface area contributed by atoms with Crippen molar-refractivity contribution in [2.24, 2.45) is 0 Å². The van der Waals surface area contributed by atoms with E-state index in [2.05, 4.69) is 19.1 Å². The Hall–Kier alpha value is -0.950. The van der Waals surface area contributed by atoms with Crippen LogP contribution in [0.4, 0.5) is 0 Å². The molecule has 76 valence electrons. The van der Waals surface area contributed by atoms with E-state index in [4.69, 9.17) is 17.5 Å². The Morgan fingerprint density at radius 1 is 1.08 bits per heavy atom. The Bertz CT molecular complexity index is 301. The molecule has 1 rings (SSSR count). The summed E-state index contributed by atoms with van der Waals surface area (Å²) in [5.74, 6) is 0. The normalized spacial score (nSPS) is 9.15. The summed E-state index contributed by atoms with van der Waals surface area (Å²) in [6, 6.07) is 10.3. The molecule has 0 saturated heterocycles. The van der Waals surface area contributed by atoms with E-state index in [9.17, 15) is 0 Å². The molecule has 0 aliphatic heterocycles. The summed E-state index contributed by atoms with van der Waals surface area (Å²) in [4.78, 5) is 0. The topological polar surface area (TPSA) is 110 Å². The number of hydrogen-bond acceptors (Lipinski definition) is 3. The molecule has 0 aliphatic rings. The zero-order chi connectivity index (χ0) is 9.61. The van der Waals surface area contributed by atoms with Crippen LogP contribution in [-0.4, -0.2) is 17.5 Å². The van der Waals surface area contributed by atoms with Crippen LogP contribution >= 0.6 is 0 Å². The zero-order valence-corrected chi connectivity index (χ0v) is 8.03. The molecule has 5 N–H and O–H groups in total. The van der Waals surface area contributed by atoms with Crippen LogP contribution in [0.1, 0.15) is 5.56 Å². The van der Waals surface area contributed by atoms with E-state index in [1.807, 2.05) is 18.2 Å². The van der Waals surface area contributed by atoms with Gasteiger partial charge in [-0.1, -0.05) is 35.9 Å². The van der Waals surface area contributed by atoms with Crippen molar-refractivity contribution >= 4 is 10.4 Å². The third kappa shape index (κ3) is 18.2. The van der Waals surface area contributed by atoms with Gasteiger partial charge in [-0.3, -0.25) is 9.11 Å². The molecule has 5 nitrogen and oxygen atoms in total. The van der Waals surface area contributed by atoms with E-state index in [0.29, 0.717) is 0 Å². The van der Waals surface area contributed by atoms with Gasteiger partial charge in [-0.15, -0.1) is 0 Å². The summed E-state index contributed by atoms with van der Waals surface area (Å²) < 4.78 is 31.6. The van der Waals surface area contributed by atoms with Gasteiger partial charge in [0.1, 0.15) is 0 Å². The lowest BCUT2D eigenvalue weighted by molar-refractivity contribution is 0.381. The maximum Gasteiger partial charge on any atom is 0.394 e. The Labute approximate surface area is 77.6 Å². The molecule has 0 radical (unpaired) electrons. The molecule has 1 aromatic carbocycles. The highest BCUT2D eigenvalue weighted by Gasteiger charge is 1.84. The van der Waals surface area contributed by atoms with E-state index in [1.165, 1.54) is 5.56 Å². The van der Waals surface area contributed by atoms with Crippen LogP contribution in [-0.2, 0) is 10.4 Å². The summed E-state index contributed by atoms with van der Waals surface area (Å²) in [6.45, 7) is 2.08. The molecule has 0 saturated carbocycles. The number of aryl methyl sites for hydroxylation is 1. The highest BCUT2D eigenvalue weighted by atomic mass is 32.3. The molecule has 0 aliphatic carbocycles. The van der Waals surface area contributed by atoms with Gasteiger partial charge >= 0.3 is 10.4 Å². The fraction of sp³-hybridized carbons (Fsp3) is 0.143. The summed E-state index contributed by atoms with van der Waals surface area (Å²) >= 11 is 0. The van der Waals surface area contributed by atoms with E-state index >= 15 is 0 Å². The lowest BCUT2D eigenvalue weighted by Gasteiger charge is -1.82. The molecular formula is C7H13NO4S. The van der Waals surface area contributed by atoms with E-state index in [1.54, 1.807) is 0 Å². The van der Waals surface area contributed by atoms with Gasteiger partial charge in [-0.2, -0.15) is 8.42 Å². The molecule has 0 spiro atoms. The first-order chi connectivity index (χ1) is 5.39. The molecular weight excluding hydrogens is 194 g/mol. The van der Waals surface area contributed by atoms with Gasteiger partial charge in [-0.05, 0) is 6.92 Å². The van der Waals surface area contributed by atoms with Crippen LogP contribution in [0.15, 0.2) is 30.3 Å². The molecule has 0 unspecified atom stereocenters. The van der Waals surface area contributed by atoms with E-state index in [-0.39, 0.29) is 6.15 Å². The van der Waals surface area contributed by atoms with Crippen LogP contribution in [0.5, 0.6) is 0 Å². The average molecular weight is 207 g/mol. The largest absolute Gasteiger partial charge is 0.394 e. The number of benzene rings is 1. The van der Waals surface area contributed by atoms with Crippen molar-refractivity contribution in [2.75, 3.05) is 0 Å². The summed E-state index contributed by atoms with van der Waals surface area (Å²) in [5, 5.41) is 0. The fourth-order valence-electron chi connectivity index (χ4n) is 0.534. The quantitative estimate of drug-likeness (QED) is 0.558. The fourth-order valence-corrected chi connectivity index (χ4v) is 0.534. The van der Waals surface area contributed by atoms with Gasteiger partial charge in [0.15, 0.2) is 0 Å². The molecule has 1 aromatic rings. The van der Waals surface area contributed by atoms with Crippen molar-refractivity contribution in [3.05, 3.63) is 35.9 Å². The van der Waals surface area contributed by atoms with Gasteiger partial charge in [-0.25, -0.2) is 0 Å². The highest BCUT2D eigenvalue weighted by molar-refractivity contribution is 7.79. The second-order valence-corrected chi connectivity index (χ2v) is 3.00. The molecule has 0 aromatic heterocycles. The van der Waals surface area contributed by atoms with Crippen molar-refractivity contribution in [1.29, 1.82) is 0 Å². The first-order valence-electron chi connectivity index (χ1n) is 3.11. The minimum Gasteiger partial charge on any atom is -0.344 e. The van der Waals surface area contributed by atoms with Crippen molar-refractivity contribution in [1.82, 2.24) is 6.15 Å². The maximum absolute atomic E-state index is 8.74. The Morgan fingerprint density at radius 2 is 1.38 bits per heavy atom. The SMILES string of the molecule is Cc1ccccc1.N.O=S(=O)(O)O. The van der Waals surface area contributed by atoms with Crippen LogP contribution in [0.25, 0.3) is 0 Å². The Balaban J connectivity index is 0. The second kappa shape index (κ2) is 6.55. The number of rotatable bonds is 0. The Morgan fingerprint density at radius 3 is 1.54 bits per heavy atom. The number of hydrogen-bond donors (Lipinski definition) is 3. The minimum atomic E-state index is -4.67. The van der Waals surface area contributed by atoms with Gasteiger partial charge < -0.3 is 6.15 Å². The first-order valence-corrected chi connectivity index (χ1v) is 4.51. The van der Waals surface area contributed by atoms with Crippen LogP contribution in [0.3, 0.4) is 0 Å². The highest BCUT2D eigenvalue weighted by Crippen LogP contribution is 1.92. The summed E-state index contributed by atoms with van der Waals surface area (Å²) in [7, 11) is -4.67. The standard InChI is InChI=1S/C7H8.H3N.H2O4S/c1-7-5-3-2-4-6-7;;1-5(2,3)4/h2-6H,1H3;1H3;(H2,1,2,3,4). The second-order valence-electron chi connectivity index (χ2n) is 2.10. The van der Waals surface area contributed by atoms with Gasteiger partial charge in [0, 0.05) is 0 Å². The zero-order valence-electron chi connectivity index (χ0n) is 7.21. The third-order valence-electron chi connectivity index (χ3n) is 0.940. The third-order valence-corrected chi connectivity index (χ3v) is 0.940. The van der Waals surface area contributed by atoms with Crippen LogP contribution in [0, 0.1) is 6.92 Å². The van der Waals surface area contributed by atoms with Gasteiger partial charge in [0.2, 0.25) is 0 Å². The molecule has 0 heterocycles. The molecule has 13 heavy (non-hydrogen) atoms. The Kier molecular flexibility index (Phi) is 7.34. The van der Waals surface area contributed by atoms with Gasteiger partial charge in [0.05, 0.1) is 0 Å². The molecule has 0 atom stereocenters. The predicted octanol–water partition coefficient (Wildman–Crippen LogP) is 1.50. The van der Waals surface area contributed by atoms with E-state index in [0.717, 1.165) is 0 Å². The van der Waals surface area contributed by atoms with Crippen molar-refractivity contribution in [3.63, 3.8) is 0 Å². The smallest absolute Gasteiger partial charge is 0.344 e. The minimum absolute atomic E-state index is 0. The summed E-state index contributed by atoms with van der Waals surface area (Å²) in [5.41, 5.74) is 1.32. The molecule has 0 bridgehead atoms. The van der Waals surface area contributed by atoms with Crippen LogP contribution < -0.4 is 6.15 Å². The lowest BCUT2D eigenvalue weighted by atomic mass is 10.2. The summed E-state index contributed by atoms with van der Waals surface area (Å²) in [6.07, 6.45) is 0.